The molecule has 1 aliphatic carbocycles. The van der Waals surface area contributed by atoms with Crippen LogP contribution in [0.3, 0.4) is 0 Å². The lowest BCUT2D eigenvalue weighted by molar-refractivity contribution is -0.136. The quantitative estimate of drug-likeness (QED) is 0.887. The Morgan fingerprint density at radius 2 is 2.00 bits per heavy atom. The fourth-order valence-electron chi connectivity index (χ4n) is 2.38. The first kappa shape index (κ1) is 11.0. The Morgan fingerprint density at radius 1 is 1.33 bits per heavy atom. The first-order valence-corrected chi connectivity index (χ1v) is 5.83. The van der Waals surface area contributed by atoms with E-state index in [1.807, 2.05) is 12.1 Å². The largest absolute Gasteiger partial charge is 0.481 e. The first-order chi connectivity index (χ1) is 8.72. The summed E-state index contributed by atoms with van der Waals surface area (Å²) in [6.45, 7) is 0. The van der Waals surface area contributed by atoms with Crippen molar-refractivity contribution in [3.63, 3.8) is 0 Å². The third kappa shape index (κ3) is 1.99. The minimum absolute atomic E-state index is 0.174. The zero-order chi connectivity index (χ0) is 12.5. The molecule has 1 aliphatic rings. The van der Waals surface area contributed by atoms with E-state index in [0.717, 1.165) is 12.8 Å². The molecular weight excluding hydrogens is 232 g/mol. The third-order valence-electron chi connectivity index (χ3n) is 3.20. The number of rotatable bonds is 3. The van der Waals surface area contributed by atoms with Gasteiger partial charge in [0.1, 0.15) is 6.42 Å². The van der Waals surface area contributed by atoms with Gasteiger partial charge in [0, 0.05) is 5.92 Å². The van der Waals surface area contributed by atoms with Gasteiger partial charge < -0.3 is 9.63 Å². The van der Waals surface area contributed by atoms with Crippen molar-refractivity contribution in [2.24, 2.45) is 0 Å². The van der Waals surface area contributed by atoms with Crippen LogP contribution >= 0.6 is 0 Å². The van der Waals surface area contributed by atoms with Crippen molar-refractivity contribution in [1.29, 1.82) is 0 Å². The fourth-order valence-corrected chi connectivity index (χ4v) is 2.38. The normalized spacial score (nSPS) is 14.7. The van der Waals surface area contributed by atoms with Gasteiger partial charge in [-0.15, -0.1) is 0 Å². The van der Waals surface area contributed by atoms with Gasteiger partial charge in [0.2, 0.25) is 5.89 Å². The van der Waals surface area contributed by atoms with Crippen LogP contribution in [0.4, 0.5) is 0 Å². The smallest absolute Gasteiger partial charge is 0.312 e. The third-order valence-corrected chi connectivity index (χ3v) is 3.20. The van der Waals surface area contributed by atoms with E-state index in [1.54, 1.807) is 0 Å². The average molecular weight is 244 g/mol. The van der Waals surface area contributed by atoms with Crippen LogP contribution in [0.5, 0.6) is 0 Å². The average Bonchev–Trinajstić information content (AvgIpc) is 2.93. The van der Waals surface area contributed by atoms with Gasteiger partial charge in [-0.25, -0.2) is 0 Å². The van der Waals surface area contributed by atoms with Crippen molar-refractivity contribution in [3.05, 3.63) is 47.1 Å². The number of hydrogen-bond acceptors (Lipinski definition) is 4. The highest BCUT2D eigenvalue weighted by Gasteiger charge is 2.26. The van der Waals surface area contributed by atoms with E-state index in [9.17, 15) is 4.79 Å². The van der Waals surface area contributed by atoms with Crippen LogP contribution in [0.25, 0.3) is 0 Å². The molecule has 0 saturated carbocycles. The molecule has 3 rings (SSSR count). The zero-order valence-corrected chi connectivity index (χ0v) is 9.67. The Labute approximate surface area is 103 Å². The van der Waals surface area contributed by atoms with Gasteiger partial charge in [-0.3, -0.25) is 4.79 Å². The van der Waals surface area contributed by atoms with Crippen LogP contribution in [0.1, 0.15) is 28.8 Å². The van der Waals surface area contributed by atoms with Crippen molar-refractivity contribution < 1.29 is 14.4 Å². The molecule has 18 heavy (non-hydrogen) atoms. The van der Waals surface area contributed by atoms with Gasteiger partial charge in [0.15, 0.2) is 5.82 Å². The highest BCUT2D eigenvalue weighted by molar-refractivity contribution is 5.68. The summed E-state index contributed by atoms with van der Waals surface area (Å²) in [7, 11) is 0. The number of benzene rings is 1. The Kier molecular flexibility index (Phi) is 2.59. The van der Waals surface area contributed by atoms with Crippen molar-refractivity contribution in [1.82, 2.24) is 10.1 Å². The molecule has 1 aromatic carbocycles. The van der Waals surface area contributed by atoms with Crippen LogP contribution in [-0.4, -0.2) is 21.2 Å². The summed E-state index contributed by atoms with van der Waals surface area (Å²) in [6, 6.07) is 8.25. The number of carboxylic acids is 1. The summed E-state index contributed by atoms with van der Waals surface area (Å²) < 4.78 is 4.94. The summed E-state index contributed by atoms with van der Waals surface area (Å²) >= 11 is 0. The maximum Gasteiger partial charge on any atom is 0.312 e. The minimum Gasteiger partial charge on any atom is -0.481 e. The predicted octanol–water partition coefficient (Wildman–Crippen LogP) is 1.58. The molecule has 0 fully saturated rings. The first-order valence-electron chi connectivity index (χ1n) is 5.83. The van der Waals surface area contributed by atoms with Crippen LogP contribution in [0.15, 0.2) is 28.8 Å². The lowest BCUT2D eigenvalue weighted by Gasteiger charge is -2.00. The summed E-state index contributed by atoms with van der Waals surface area (Å²) in [5.74, 6) is 0.0320. The maximum atomic E-state index is 10.6. The number of hydrogen-bond donors (Lipinski definition) is 1. The molecular formula is C13H12N2O3. The van der Waals surface area contributed by atoms with Crippen molar-refractivity contribution in [3.8, 4) is 0 Å². The Hall–Kier alpha value is -2.17. The van der Waals surface area contributed by atoms with E-state index in [4.69, 9.17) is 9.63 Å². The molecule has 5 heteroatoms. The van der Waals surface area contributed by atoms with E-state index in [0.29, 0.717) is 5.82 Å². The van der Waals surface area contributed by atoms with Crippen LogP contribution in [-0.2, 0) is 24.1 Å². The van der Waals surface area contributed by atoms with Crippen molar-refractivity contribution in [2.75, 3.05) is 0 Å². The second kappa shape index (κ2) is 4.25. The van der Waals surface area contributed by atoms with E-state index >= 15 is 0 Å². The SMILES string of the molecule is O=C(O)Cc1nc(C2Cc3ccccc3C2)no1. The molecule has 0 radical (unpaired) electrons. The lowest BCUT2D eigenvalue weighted by atomic mass is 10.1. The van der Waals surface area contributed by atoms with Crippen LogP contribution < -0.4 is 0 Å². The Bertz CT molecular complexity index is 566. The highest BCUT2D eigenvalue weighted by Crippen LogP contribution is 2.32. The fraction of sp³-hybridized carbons (Fsp3) is 0.308. The maximum absolute atomic E-state index is 10.6. The number of fused-ring (bicyclic) bond motifs is 1. The zero-order valence-electron chi connectivity index (χ0n) is 9.67. The van der Waals surface area contributed by atoms with Crippen LogP contribution in [0, 0.1) is 0 Å². The van der Waals surface area contributed by atoms with Gasteiger partial charge in [-0.1, -0.05) is 29.4 Å². The van der Waals surface area contributed by atoms with Crippen LogP contribution in [0.2, 0.25) is 0 Å². The molecule has 0 unspecified atom stereocenters. The van der Waals surface area contributed by atoms with Crippen molar-refractivity contribution >= 4 is 5.97 Å². The summed E-state index contributed by atoms with van der Waals surface area (Å²) in [5, 5.41) is 12.5. The molecule has 0 bridgehead atoms. The van der Waals surface area contributed by atoms with Gasteiger partial charge in [0.05, 0.1) is 0 Å². The number of nitrogens with zero attached hydrogens (tertiary/aromatic N) is 2. The molecule has 0 atom stereocenters. The molecule has 0 spiro atoms. The molecule has 2 aromatic rings. The highest BCUT2D eigenvalue weighted by atomic mass is 16.5. The second-order valence-electron chi connectivity index (χ2n) is 4.49. The number of aliphatic carboxylic acids is 1. The van der Waals surface area contributed by atoms with Gasteiger partial charge in [0.25, 0.3) is 0 Å². The summed E-state index contributed by atoms with van der Waals surface area (Å²) in [6.07, 6.45) is 1.57. The molecule has 5 nitrogen and oxygen atoms in total. The van der Waals surface area contributed by atoms with Gasteiger partial charge >= 0.3 is 5.97 Å². The molecule has 1 heterocycles. The van der Waals surface area contributed by atoms with Crippen molar-refractivity contribution in [2.45, 2.75) is 25.2 Å². The summed E-state index contributed by atoms with van der Waals surface area (Å²) in [5.41, 5.74) is 2.62. The molecule has 1 N–H and O–H groups in total. The number of carboxylic acid groups (broad SMARTS) is 1. The second-order valence-corrected chi connectivity index (χ2v) is 4.49. The van der Waals surface area contributed by atoms with E-state index in [-0.39, 0.29) is 18.2 Å². The molecule has 1 aromatic heterocycles. The van der Waals surface area contributed by atoms with Gasteiger partial charge in [-0.2, -0.15) is 4.98 Å². The molecule has 0 saturated heterocycles. The summed E-state index contributed by atoms with van der Waals surface area (Å²) in [4.78, 5) is 14.7. The van der Waals surface area contributed by atoms with E-state index in [2.05, 4.69) is 22.3 Å². The standard InChI is InChI=1S/C13H12N2O3/c16-12(17)7-11-14-13(15-18-11)10-5-8-3-1-2-4-9(8)6-10/h1-4,10H,5-7H2,(H,16,17). The molecule has 0 aliphatic heterocycles. The lowest BCUT2D eigenvalue weighted by Crippen LogP contribution is -2.03. The van der Waals surface area contributed by atoms with E-state index in [1.165, 1.54) is 11.1 Å². The Morgan fingerprint density at radius 3 is 2.61 bits per heavy atom. The number of aromatic nitrogens is 2. The number of carbonyl (C=O) groups is 1. The van der Waals surface area contributed by atoms with E-state index < -0.39 is 5.97 Å². The topological polar surface area (TPSA) is 76.2 Å². The molecule has 92 valence electrons. The molecule has 0 amide bonds. The minimum atomic E-state index is -0.958. The van der Waals surface area contributed by atoms with Gasteiger partial charge in [-0.05, 0) is 24.0 Å². The predicted molar refractivity (Wildman–Crippen MR) is 62.2 cm³/mol. The monoisotopic (exact) mass is 244 g/mol. The Balaban J connectivity index is 1.78.